The maximum Gasteiger partial charge on any atom is 0.335 e. The Bertz CT molecular complexity index is 231. The van der Waals surface area contributed by atoms with Crippen LogP contribution < -0.4 is 11.1 Å². The van der Waals surface area contributed by atoms with Gasteiger partial charge in [0.25, 0.3) is 0 Å². The maximum atomic E-state index is 10.9. The molecular formula is C7H10N2O2. The van der Waals surface area contributed by atoms with Gasteiger partial charge in [-0.15, -0.1) is 0 Å². The van der Waals surface area contributed by atoms with E-state index in [2.05, 4.69) is 10.1 Å². The summed E-state index contributed by atoms with van der Waals surface area (Å²) in [5.41, 5.74) is 5.98. The topological polar surface area (TPSA) is 64.3 Å². The van der Waals surface area contributed by atoms with E-state index >= 15 is 0 Å². The molecule has 0 atom stereocenters. The van der Waals surface area contributed by atoms with Gasteiger partial charge in [-0.25, -0.2) is 4.79 Å². The summed E-state index contributed by atoms with van der Waals surface area (Å²) in [6.07, 6.45) is 3.29. The monoisotopic (exact) mass is 154 g/mol. The molecule has 0 aromatic heterocycles. The van der Waals surface area contributed by atoms with Gasteiger partial charge in [0.1, 0.15) is 0 Å². The Morgan fingerprint density at radius 1 is 1.73 bits per heavy atom. The van der Waals surface area contributed by atoms with E-state index in [0.717, 1.165) is 0 Å². The zero-order valence-electron chi connectivity index (χ0n) is 6.26. The number of allylic oxidation sites excluding steroid dienone is 2. The van der Waals surface area contributed by atoms with Gasteiger partial charge in [-0.2, -0.15) is 0 Å². The van der Waals surface area contributed by atoms with Gasteiger partial charge in [0.05, 0.1) is 18.5 Å². The van der Waals surface area contributed by atoms with Gasteiger partial charge in [0.15, 0.2) is 0 Å². The van der Waals surface area contributed by atoms with Crippen molar-refractivity contribution >= 4 is 5.97 Å². The van der Waals surface area contributed by atoms with Crippen molar-refractivity contribution in [1.82, 2.24) is 5.32 Å². The molecule has 1 rings (SSSR count). The van der Waals surface area contributed by atoms with Crippen molar-refractivity contribution in [3.05, 3.63) is 23.5 Å². The first-order chi connectivity index (χ1) is 5.24. The fraction of sp³-hybridized carbons (Fsp3) is 0.286. The average Bonchev–Trinajstić information content (AvgIpc) is 2.05. The Hall–Kier alpha value is -1.45. The van der Waals surface area contributed by atoms with Crippen LogP contribution in [0.2, 0.25) is 0 Å². The first-order valence-electron chi connectivity index (χ1n) is 3.22. The summed E-state index contributed by atoms with van der Waals surface area (Å²) >= 11 is 0. The van der Waals surface area contributed by atoms with Gasteiger partial charge in [-0.3, -0.25) is 0 Å². The second-order valence-electron chi connectivity index (χ2n) is 2.16. The highest BCUT2D eigenvalue weighted by Gasteiger charge is 2.10. The zero-order chi connectivity index (χ0) is 8.27. The van der Waals surface area contributed by atoms with Crippen LogP contribution in [0.5, 0.6) is 0 Å². The molecule has 0 unspecified atom stereocenters. The molecule has 1 aliphatic heterocycles. The SMILES string of the molecule is COC(=O)C1=CC=C(N)NC1. The van der Waals surface area contributed by atoms with E-state index < -0.39 is 0 Å². The van der Waals surface area contributed by atoms with Crippen LogP contribution in [0.4, 0.5) is 0 Å². The van der Waals surface area contributed by atoms with Crippen molar-refractivity contribution in [2.24, 2.45) is 5.73 Å². The number of nitrogens with two attached hydrogens (primary N) is 1. The first-order valence-corrected chi connectivity index (χ1v) is 3.22. The van der Waals surface area contributed by atoms with E-state index in [9.17, 15) is 4.79 Å². The van der Waals surface area contributed by atoms with E-state index in [0.29, 0.717) is 17.9 Å². The highest BCUT2D eigenvalue weighted by molar-refractivity contribution is 5.89. The van der Waals surface area contributed by atoms with Crippen LogP contribution in [-0.2, 0) is 9.53 Å². The molecule has 1 heterocycles. The third kappa shape index (κ3) is 1.73. The normalized spacial score (nSPS) is 16.1. The molecule has 0 fully saturated rings. The number of methoxy groups -OCH3 is 1. The highest BCUT2D eigenvalue weighted by Crippen LogP contribution is 2.01. The lowest BCUT2D eigenvalue weighted by Gasteiger charge is -2.11. The van der Waals surface area contributed by atoms with Crippen molar-refractivity contribution < 1.29 is 9.53 Å². The molecule has 0 bridgehead atoms. The summed E-state index contributed by atoms with van der Waals surface area (Å²) in [6, 6.07) is 0. The van der Waals surface area contributed by atoms with E-state index in [-0.39, 0.29) is 5.97 Å². The Balaban J connectivity index is 2.68. The van der Waals surface area contributed by atoms with Crippen LogP contribution in [0.3, 0.4) is 0 Å². The first kappa shape index (κ1) is 7.65. The number of nitrogens with one attached hydrogen (secondary N) is 1. The minimum atomic E-state index is -0.318. The molecule has 0 radical (unpaired) electrons. The Morgan fingerprint density at radius 2 is 2.45 bits per heavy atom. The Labute approximate surface area is 64.7 Å². The van der Waals surface area contributed by atoms with E-state index in [4.69, 9.17) is 5.73 Å². The van der Waals surface area contributed by atoms with Gasteiger partial charge >= 0.3 is 5.97 Å². The largest absolute Gasteiger partial charge is 0.466 e. The van der Waals surface area contributed by atoms with Gasteiger partial charge in [0, 0.05) is 6.54 Å². The molecule has 0 aliphatic carbocycles. The zero-order valence-corrected chi connectivity index (χ0v) is 6.26. The van der Waals surface area contributed by atoms with Crippen LogP contribution in [0.15, 0.2) is 23.5 Å². The highest BCUT2D eigenvalue weighted by atomic mass is 16.5. The molecule has 0 aromatic rings. The number of dihydropyridines is 1. The number of carbonyl (C=O) groups excluding carboxylic acids is 1. The molecule has 3 N–H and O–H groups in total. The van der Waals surface area contributed by atoms with Crippen molar-refractivity contribution in [2.45, 2.75) is 0 Å². The molecule has 4 nitrogen and oxygen atoms in total. The number of rotatable bonds is 1. The quantitative estimate of drug-likeness (QED) is 0.499. The smallest absolute Gasteiger partial charge is 0.335 e. The molecule has 1 aliphatic rings. The third-order valence-corrected chi connectivity index (χ3v) is 1.39. The summed E-state index contributed by atoms with van der Waals surface area (Å²) in [7, 11) is 1.35. The summed E-state index contributed by atoms with van der Waals surface area (Å²) in [5, 5.41) is 2.82. The number of ether oxygens (including phenoxy) is 1. The van der Waals surface area contributed by atoms with E-state index in [1.54, 1.807) is 12.2 Å². The number of carbonyl (C=O) groups is 1. The molecular weight excluding hydrogens is 144 g/mol. The number of esters is 1. The Kier molecular flexibility index (Phi) is 2.15. The van der Waals surface area contributed by atoms with Crippen LogP contribution in [0.25, 0.3) is 0 Å². The fourth-order valence-electron chi connectivity index (χ4n) is 0.777. The van der Waals surface area contributed by atoms with Crippen LogP contribution in [0, 0.1) is 0 Å². The standard InChI is InChI=1S/C7H10N2O2/c1-11-7(10)5-2-3-6(8)9-4-5/h2-3,9H,4,8H2,1H3. The van der Waals surface area contributed by atoms with Gasteiger partial charge < -0.3 is 15.8 Å². The van der Waals surface area contributed by atoms with Crippen molar-refractivity contribution in [3.8, 4) is 0 Å². The second kappa shape index (κ2) is 3.09. The van der Waals surface area contributed by atoms with E-state index in [1.165, 1.54) is 7.11 Å². The summed E-state index contributed by atoms with van der Waals surface area (Å²) < 4.78 is 4.51. The minimum absolute atomic E-state index is 0.318. The molecule has 0 aromatic carbocycles. The summed E-state index contributed by atoms with van der Waals surface area (Å²) in [4.78, 5) is 10.9. The Morgan fingerprint density at radius 3 is 2.91 bits per heavy atom. The van der Waals surface area contributed by atoms with E-state index in [1.807, 2.05) is 0 Å². The van der Waals surface area contributed by atoms with Gasteiger partial charge in [-0.1, -0.05) is 0 Å². The van der Waals surface area contributed by atoms with Crippen LogP contribution in [0.1, 0.15) is 0 Å². The lowest BCUT2D eigenvalue weighted by molar-refractivity contribution is -0.136. The molecule has 11 heavy (non-hydrogen) atoms. The van der Waals surface area contributed by atoms with Crippen molar-refractivity contribution in [3.63, 3.8) is 0 Å². The fourth-order valence-corrected chi connectivity index (χ4v) is 0.777. The number of hydrogen-bond donors (Lipinski definition) is 2. The molecule has 0 saturated carbocycles. The lowest BCUT2D eigenvalue weighted by atomic mass is 10.2. The van der Waals surface area contributed by atoms with Gasteiger partial charge in [-0.05, 0) is 12.2 Å². The van der Waals surface area contributed by atoms with Crippen LogP contribution in [-0.4, -0.2) is 19.6 Å². The third-order valence-electron chi connectivity index (χ3n) is 1.39. The predicted octanol–water partition coefficient (Wildman–Crippen LogP) is -0.511. The summed E-state index contributed by atoms with van der Waals surface area (Å²) in [5.74, 6) is 0.249. The predicted molar refractivity (Wildman–Crippen MR) is 40.4 cm³/mol. The molecule has 0 amide bonds. The average molecular weight is 154 g/mol. The summed E-state index contributed by atoms with van der Waals surface area (Å²) in [6.45, 7) is 0.439. The molecule has 4 heteroatoms. The minimum Gasteiger partial charge on any atom is -0.466 e. The van der Waals surface area contributed by atoms with Crippen molar-refractivity contribution in [1.29, 1.82) is 0 Å². The lowest BCUT2D eigenvalue weighted by Crippen LogP contribution is -2.28. The van der Waals surface area contributed by atoms with Gasteiger partial charge in [0.2, 0.25) is 0 Å². The second-order valence-corrected chi connectivity index (χ2v) is 2.16. The molecule has 60 valence electrons. The molecule has 0 saturated heterocycles. The number of hydrogen-bond acceptors (Lipinski definition) is 4. The molecule has 0 spiro atoms. The van der Waals surface area contributed by atoms with Crippen molar-refractivity contribution in [2.75, 3.05) is 13.7 Å². The van der Waals surface area contributed by atoms with Crippen LogP contribution >= 0.6 is 0 Å². The maximum absolute atomic E-state index is 10.9.